The van der Waals surface area contributed by atoms with Crippen molar-refractivity contribution in [3.8, 4) is 0 Å². The molecule has 16 heteroatoms. The number of aromatic nitrogens is 4. The zero-order valence-electron chi connectivity index (χ0n) is 56.9. The van der Waals surface area contributed by atoms with Crippen LogP contribution in [0.1, 0.15) is 77.6 Å². The zero-order chi connectivity index (χ0) is 66.5. The molecule has 12 heterocycles. The molecule has 0 bridgehead atoms. The average Bonchev–Trinajstić information content (AvgIpc) is 1.60. The molecule has 6 aromatic carbocycles. The molecule has 14 aromatic rings. The van der Waals surface area contributed by atoms with Crippen molar-refractivity contribution in [2.45, 2.75) is 120 Å². The van der Waals surface area contributed by atoms with E-state index >= 15 is 0 Å². The third kappa shape index (κ3) is 9.94. The molecule has 0 amide bonds. The highest BCUT2D eigenvalue weighted by Crippen LogP contribution is 2.51. The number of para-hydroxylation sites is 4. The first-order valence-electron chi connectivity index (χ1n) is 33.3. The Morgan fingerprint density at radius 2 is 0.688 bits per heavy atom. The van der Waals surface area contributed by atoms with Gasteiger partial charge in [-0.05, 0) is 178 Å². The summed E-state index contributed by atoms with van der Waals surface area (Å²) in [5, 5.41) is 8.74. The Labute approximate surface area is 559 Å². The summed E-state index contributed by atoms with van der Waals surface area (Å²) >= 11 is 0. The predicted octanol–water partition coefficient (Wildman–Crippen LogP) is 19.7. The number of pyridine rings is 4. The van der Waals surface area contributed by atoms with Crippen LogP contribution in [0.2, 0.25) is 0 Å². The van der Waals surface area contributed by atoms with Crippen LogP contribution < -0.4 is 29.4 Å². The lowest BCUT2D eigenvalue weighted by Crippen LogP contribution is -2.42. The summed E-state index contributed by atoms with van der Waals surface area (Å²) in [7, 11) is 4.22. The Hall–Kier alpha value is -11.0. The van der Waals surface area contributed by atoms with Crippen molar-refractivity contribution in [1.82, 2.24) is 29.7 Å². The molecule has 0 spiro atoms. The number of furan rings is 4. The van der Waals surface area contributed by atoms with E-state index in [2.05, 4.69) is 302 Å². The van der Waals surface area contributed by atoms with E-state index < -0.39 is 0 Å². The first-order chi connectivity index (χ1) is 46.5. The van der Waals surface area contributed by atoms with E-state index in [0.29, 0.717) is 34.9 Å². The van der Waals surface area contributed by atoms with Gasteiger partial charge in [0.25, 0.3) is 0 Å². The van der Waals surface area contributed by atoms with Crippen molar-refractivity contribution < 1.29 is 17.7 Å². The third-order valence-corrected chi connectivity index (χ3v) is 19.9. The highest BCUT2D eigenvalue weighted by Gasteiger charge is 2.38. The molecule has 96 heavy (non-hydrogen) atoms. The minimum absolute atomic E-state index is 0.202. The molecule has 16 nitrogen and oxygen atoms in total. The fourth-order valence-corrected chi connectivity index (χ4v) is 14.8. The third-order valence-electron chi connectivity index (χ3n) is 19.9. The number of hydrogen-bond donors (Lipinski definition) is 0. The molecule has 0 N–H and O–H groups in total. The molecule has 4 aliphatic rings. The fraction of sp³-hybridized carbons (Fsp3) is 0.250. The minimum Gasteiger partial charge on any atom is -0.435 e. The number of fused-ring (bicyclic) bond motifs is 14. The summed E-state index contributed by atoms with van der Waals surface area (Å²) in [6.07, 6.45) is 16.6. The van der Waals surface area contributed by atoms with Gasteiger partial charge in [-0.25, -0.2) is 19.9 Å². The second-order valence-corrected chi connectivity index (χ2v) is 26.2. The smallest absolute Gasteiger partial charge is 0.227 e. The van der Waals surface area contributed by atoms with Gasteiger partial charge in [0.1, 0.15) is 24.7 Å². The van der Waals surface area contributed by atoms with E-state index in [-0.39, 0.29) is 24.7 Å². The van der Waals surface area contributed by atoms with E-state index in [1.165, 1.54) is 45.0 Å². The lowest BCUT2D eigenvalue weighted by Gasteiger charge is -2.33. The second-order valence-electron chi connectivity index (χ2n) is 26.2. The molecule has 0 radical (unpaired) electrons. The van der Waals surface area contributed by atoms with Gasteiger partial charge < -0.3 is 56.9 Å². The first kappa shape index (κ1) is 61.2. The summed E-state index contributed by atoms with van der Waals surface area (Å²) < 4.78 is 24.6. The van der Waals surface area contributed by atoms with Gasteiger partial charge in [-0.15, -0.1) is 0 Å². The molecule has 0 saturated heterocycles. The number of hydrogen-bond acceptors (Lipinski definition) is 16. The van der Waals surface area contributed by atoms with Crippen LogP contribution in [0.5, 0.6) is 0 Å². The van der Waals surface area contributed by atoms with E-state index in [0.717, 1.165) is 88.2 Å². The Kier molecular flexibility index (Phi) is 15.4. The maximum absolute atomic E-state index is 6.26. The molecule has 0 saturated carbocycles. The number of rotatable bonds is 6. The average molecular weight is 1270 g/mol. The Morgan fingerprint density at radius 3 is 1.07 bits per heavy atom. The van der Waals surface area contributed by atoms with Crippen molar-refractivity contribution >= 4 is 134 Å². The monoisotopic (exact) mass is 1270 g/mol. The van der Waals surface area contributed by atoms with Crippen LogP contribution in [0.25, 0.3) is 88.3 Å². The van der Waals surface area contributed by atoms with Crippen molar-refractivity contribution in [3.63, 3.8) is 0 Å². The van der Waals surface area contributed by atoms with Crippen LogP contribution >= 0.6 is 0 Å². The number of nitrogens with zero attached hydrogens (tertiary/aromatic N) is 12. The number of anilines is 8. The molecule has 4 unspecified atom stereocenters. The largest absolute Gasteiger partial charge is 0.435 e. The topological polar surface area (TPSA) is 130 Å². The van der Waals surface area contributed by atoms with Crippen molar-refractivity contribution in [2.75, 3.05) is 43.5 Å². The van der Waals surface area contributed by atoms with Crippen LogP contribution in [-0.2, 0) is 0 Å². The van der Waals surface area contributed by atoms with E-state index in [9.17, 15) is 0 Å². The fourth-order valence-electron chi connectivity index (χ4n) is 14.8. The summed E-state index contributed by atoms with van der Waals surface area (Å²) in [6, 6.07) is 51.3. The van der Waals surface area contributed by atoms with Gasteiger partial charge in [-0.2, -0.15) is 0 Å². The van der Waals surface area contributed by atoms with Crippen LogP contribution in [0.15, 0.2) is 213 Å². The van der Waals surface area contributed by atoms with Crippen LogP contribution in [0, 0.1) is 27.7 Å². The van der Waals surface area contributed by atoms with Crippen LogP contribution in [0.4, 0.5) is 45.5 Å². The zero-order valence-corrected chi connectivity index (χ0v) is 56.9. The lowest BCUT2D eigenvalue weighted by atomic mass is 10.1. The van der Waals surface area contributed by atoms with Crippen LogP contribution in [0.3, 0.4) is 0 Å². The molecular formula is C80H80N12O4. The van der Waals surface area contributed by atoms with Crippen molar-refractivity contribution in [1.29, 1.82) is 0 Å². The van der Waals surface area contributed by atoms with Gasteiger partial charge in [0.2, 0.25) is 22.9 Å². The molecule has 484 valence electrons. The molecule has 0 fully saturated rings. The van der Waals surface area contributed by atoms with E-state index in [1.807, 2.05) is 24.3 Å². The minimum atomic E-state index is 0.202. The summed E-state index contributed by atoms with van der Waals surface area (Å²) in [6.45, 7) is 26.3. The molecule has 0 aliphatic carbocycles. The Balaban J connectivity index is 0.000000105. The quantitative estimate of drug-likeness (QED) is 0.156. The lowest BCUT2D eigenvalue weighted by molar-refractivity contribution is 0.263. The second kappa shape index (κ2) is 24.1. The number of aryl methyl sites for hydroxylation is 4. The standard InChI is InChI=1S/C23H23N3O.C21H19N3O.C19H21N3O.C17H17N3O/c1-14(2)25-16(4)26(20-10-6-5-9-19(20)25)21-15(3)11-12-17-18-8-7-13-24-23(18)27-22(17)21;1-13-10-11-15-16-7-6-12-22-21(16)25-20(15)19(13)24-14(2)23(3)17-8-4-5-9-18(17)24;1-12(2)21-10-11-22(14(21)4)17-13(3)7-8-15-16-6-5-9-20-19(16)23-18(15)17;1-11-6-7-13-14-5-4-8-18-17(14)21-16(13)15(11)20-10-9-19(3)12(20)2/h5-14,16H,1-4H3;4-12,14H,1-3H3;5-12,14H,1-4H3;4-10,12H,1-3H3. The van der Waals surface area contributed by atoms with Gasteiger partial charge in [-0.1, -0.05) is 72.8 Å². The number of benzene rings is 6. The van der Waals surface area contributed by atoms with Gasteiger partial charge in [0, 0.05) is 119 Å². The van der Waals surface area contributed by atoms with Crippen LogP contribution in [-0.4, -0.2) is 80.6 Å². The summed E-state index contributed by atoms with van der Waals surface area (Å²) in [4.78, 5) is 36.1. The van der Waals surface area contributed by atoms with E-state index in [1.54, 1.807) is 24.8 Å². The first-order valence-corrected chi connectivity index (χ1v) is 33.3. The van der Waals surface area contributed by atoms with Gasteiger partial charge in [0.15, 0.2) is 22.3 Å². The molecule has 4 atom stereocenters. The van der Waals surface area contributed by atoms with Crippen molar-refractivity contribution in [3.05, 3.63) is 217 Å². The van der Waals surface area contributed by atoms with Gasteiger partial charge >= 0.3 is 0 Å². The highest BCUT2D eigenvalue weighted by atomic mass is 16.4. The highest BCUT2D eigenvalue weighted by molar-refractivity contribution is 6.13. The van der Waals surface area contributed by atoms with Gasteiger partial charge in [-0.3, -0.25) is 0 Å². The molecular weight excluding hydrogens is 1190 g/mol. The maximum atomic E-state index is 6.26. The predicted molar refractivity (Wildman–Crippen MR) is 394 cm³/mol. The Morgan fingerprint density at radius 1 is 0.333 bits per heavy atom. The van der Waals surface area contributed by atoms with E-state index in [4.69, 9.17) is 17.7 Å². The Bertz CT molecular complexity index is 5370. The van der Waals surface area contributed by atoms with Gasteiger partial charge in [0.05, 0.1) is 45.5 Å². The molecule has 8 aromatic heterocycles. The molecule has 4 aliphatic heterocycles. The summed E-state index contributed by atoms with van der Waals surface area (Å²) in [5.41, 5.74) is 20.7. The maximum Gasteiger partial charge on any atom is 0.227 e. The normalized spacial score (nSPS) is 17.4. The van der Waals surface area contributed by atoms with Crippen molar-refractivity contribution in [2.24, 2.45) is 0 Å². The summed E-state index contributed by atoms with van der Waals surface area (Å²) in [5.74, 6) is 0. The SMILES string of the molecule is Cc1ccc2c(oc3ncccc32)c1N1C=CN(C(C)C)C1C.Cc1ccc2c(oc3ncccc32)c1N1C=CN(C)C1C.Cc1ccc2c(oc3ncccc32)c1N1c2ccccc2N(C(C)C)C1C.Cc1ccc2c(oc3ncccc32)c1N1c2ccccc2N(C)C1C. The molecule has 18 rings (SSSR count).